The Balaban J connectivity index is 2.38. The van der Waals surface area contributed by atoms with E-state index in [1.165, 1.54) is 12.0 Å². The maximum absolute atomic E-state index is 13.3. The van der Waals surface area contributed by atoms with Crippen LogP contribution in [0.2, 0.25) is 0 Å². The Kier molecular flexibility index (Phi) is 7.34. The van der Waals surface area contributed by atoms with Gasteiger partial charge in [0.2, 0.25) is 0 Å². The van der Waals surface area contributed by atoms with Crippen molar-refractivity contribution in [1.82, 2.24) is 9.88 Å². The minimum absolute atomic E-state index is 0.244. The number of hydrogen-bond acceptors (Lipinski definition) is 5. The molecule has 0 aliphatic carbocycles. The van der Waals surface area contributed by atoms with Crippen molar-refractivity contribution in [2.45, 2.75) is 33.7 Å². The predicted octanol–water partition coefficient (Wildman–Crippen LogP) is 3.09. The van der Waals surface area contributed by atoms with E-state index in [2.05, 4.69) is 4.98 Å². The first-order chi connectivity index (χ1) is 13.7. The molecule has 0 bridgehead atoms. The Morgan fingerprint density at radius 1 is 1.07 bits per heavy atom. The summed E-state index contributed by atoms with van der Waals surface area (Å²) in [7, 11) is 2.83. The Labute approximate surface area is 171 Å². The van der Waals surface area contributed by atoms with E-state index in [1.54, 1.807) is 40.0 Å². The van der Waals surface area contributed by atoms with Crippen LogP contribution in [-0.2, 0) is 9.47 Å². The van der Waals surface area contributed by atoms with Gasteiger partial charge in [-0.05, 0) is 45.4 Å². The van der Waals surface area contributed by atoms with Gasteiger partial charge in [-0.1, -0.05) is 17.7 Å². The molecule has 1 N–H and O–H groups in total. The summed E-state index contributed by atoms with van der Waals surface area (Å²) in [4.78, 5) is 42.8. The summed E-state index contributed by atoms with van der Waals surface area (Å²) in [6.07, 6.45) is 0. The normalized spacial score (nSPS) is 11.8. The number of aryl methyl sites for hydroxylation is 2. The highest BCUT2D eigenvalue weighted by Crippen LogP contribution is 2.22. The Bertz CT molecular complexity index is 899. The van der Waals surface area contributed by atoms with Crippen LogP contribution in [0.15, 0.2) is 24.3 Å². The van der Waals surface area contributed by atoms with Crippen molar-refractivity contribution in [3.63, 3.8) is 0 Å². The monoisotopic (exact) mass is 400 g/mol. The number of methoxy groups -OCH3 is 2. The zero-order valence-corrected chi connectivity index (χ0v) is 17.8. The molecule has 1 atom stereocenters. The molecule has 0 spiro atoms. The van der Waals surface area contributed by atoms with E-state index in [4.69, 9.17) is 9.47 Å². The fourth-order valence-corrected chi connectivity index (χ4v) is 3.30. The molecule has 1 aromatic carbocycles. The standard InChI is InChI=1S/C22H28N2O5/c1-13-7-9-17(10-8-13)21(26)24(11-12-28-5)16(4)20(25)18-14(2)19(22(27)29-6)23-15(18)3/h7-10,16,23H,11-12H2,1-6H3. The SMILES string of the molecule is COCCN(C(=O)c1ccc(C)cc1)C(C)C(=O)c1c(C)[nH]c(C(=O)OC)c1C. The first-order valence-corrected chi connectivity index (χ1v) is 9.41. The van der Waals surface area contributed by atoms with E-state index in [-0.39, 0.29) is 23.9 Å². The van der Waals surface area contributed by atoms with Crippen LogP contribution in [0.5, 0.6) is 0 Å². The summed E-state index contributed by atoms with van der Waals surface area (Å²) >= 11 is 0. The van der Waals surface area contributed by atoms with Gasteiger partial charge < -0.3 is 19.4 Å². The summed E-state index contributed by atoms with van der Waals surface area (Å²) in [6.45, 7) is 7.61. The highest BCUT2D eigenvalue weighted by Gasteiger charge is 2.31. The van der Waals surface area contributed by atoms with Crippen molar-refractivity contribution in [2.75, 3.05) is 27.4 Å². The lowest BCUT2D eigenvalue weighted by molar-refractivity contribution is 0.0563. The van der Waals surface area contributed by atoms with Gasteiger partial charge in [-0.25, -0.2) is 4.79 Å². The number of benzene rings is 1. The number of nitrogens with one attached hydrogen (secondary N) is 1. The minimum atomic E-state index is -0.738. The number of rotatable bonds is 8. The second kappa shape index (κ2) is 9.52. The minimum Gasteiger partial charge on any atom is -0.464 e. The number of ether oxygens (including phenoxy) is 2. The van der Waals surface area contributed by atoms with Crippen LogP contribution in [0.4, 0.5) is 0 Å². The van der Waals surface area contributed by atoms with Gasteiger partial charge >= 0.3 is 5.97 Å². The molecule has 7 heteroatoms. The van der Waals surface area contributed by atoms with Crippen molar-refractivity contribution >= 4 is 17.7 Å². The van der Waals surface area contributed by atoms with E-state index in [1.807, 2.05) is 19.1 Å². The highest BCUT2D eigenvalue weighted by atomic mass is 16.5. The maximum atomic E-state index is 13.3. The number of ketones is 1. The summed E-state index contributed by atoms with van der Waals surface area (Å²) in [5.74, 6) is -1.03. The van der Waals surface area contributed by atoms with E-state index in [0.29, 0.717) is 29.0 Å². The second-order valence-electron chi connectivity index (χ2n) is 7.01. The molecule has 2 rings (SSSR count). The average Bonchev–Trinajstić information content (AvgIpc) is 3.01. The van der Waals surface area contributed by atoms with Crippen LogP contribution in [0.3, 0.4) is 0 Å². The summed E-state index contributed by atoms with van der Waals surface area (Å²) in [6, 6.07) is 6.47. The van der Waals surface area contributed by atoms with Crippen LogP contribution in [-0.4, -0.2) is 61.0 Å². The molecule has 0 fully saturated rings. The van der Waals surface area contributed by atoms with Gasteiger partial charge in [0.1, 0.15) is 5.69 Å². The number of aromatic nitrogens is 1. The topological polar surface area (TPSA) is 88.7 Å². The quantitative estimate of drug-likeness (QED) is 0.543. The largest absolute Gasteiger partial charge is 0.464 e. The average molecular weight is 400 g/mol. The van der Waals surface area contributed by atoms with Crippen LogP contribution in [0, 0.1) is 20.8 Å². The zero-order valence-electron chi connectivity index (χ0n) is 17.8. The molecule has 2 aromatic rings. The van der Waals surface area contributed by atoms with Crippen molar-refractivity contribution in [2.24, 2.45) is 0 Å². The van der Waals surface area contributed by atoms with E-state index >= 15 is 0 Å². The maximum Gasteiger partial charge on any atom is 0.354 e. The summed E-state index contributed by atoms with van der Waals surface area (Å²) in [5, 5.41) is 0. The summed E-state index contributed by atoms with van der Waals surface area (Å²) in [5.41, 5.74) is 3.27. The molecule has 0 saturated carbocycles. The van der Waals surface area contributed by atoms with Gasteiger partial charge in [-0.15, -0.1) is 0 Å². The van der Waals surface area contributed by atoms with Crippen LogP contribution >= 0.6 is 0 Å². The van der Waals surface area contributed by atoms with Gasteiger partial charge in [-0.2, -0.15) is 0 Å². The van der Waals surface area contributed by atoms with Crippen molar-refractivity contribution in [1.29, 1.82) is 0 Å². The molecule has 156 valence electrons. The number of esters is 1. The lowest BCUT2D eigenvalue weighted by Crippen LogP contribution is -2.45. The number of hydrogen-bond donors (Lipinski definition) is 1. The Morgan fingerprint density at radius 2 is 1.69 bits per heavy atom. The van der Waals surface area contributed by atoms with Gasteiger partial charge in [0.25, 0.3) is 5.91 Å². The molecule has 1 unspecified atom stereocenters. The van der Waals surface area contributed by atoms with Gasteiger partial charge in [0.15, 0.2) is 5.78 Å². The lowest BCUT2D eigenvalue weighted by atomic mass is 9.99. The third kappa shape index (κ3) is 4.74. The smallest absolute Gasteiger partial charge is 0.354 e. The van der Waals surface area contributed by atoms with E-state index < -0.39 is 12.0 Å². The third-order valence-corrected chi connectivity index (χ3v) is 5.02. The van der Waals surface area contributed by atoms with E-state index in [9.17, 15) is 14.4 Å². The highest BCUT2D eigenvalue weighted by molar-refractivity contribution is 6.07. The molecule has 1 heterocycles. The van der Waals surface area contributed by atoms with E-state index in [0.717, 1.165) is 5.56 Å². The number of carbonyl (C=O) groups is 3. The molecular weight excluding hydrogens is 372 g/mol. The molecule has 29 heavy (non-hydrogen) atoms. The third-order valence-electron chi connectivity index (χ3n) is 5.02. The number of H-pyrrole nitrogens is 1. The number of amides is 1. The number of Topliss-reactive ketones (excluding diaryl/α,β-unsaturated/α-hetero) is 1. The first kappa shape index (κ1) is 22.4. The lowest BCUT2D eigenvalue weighted by Gasteiger charge is -2.28. The number of carbonyl (C=O) groups excluding carboxylic acids is 3. The van der Waals surface area contributed by atoms with Crippen molar-refractivity contribution in [3.05, 3.63) is 57.9 Å². The van der Waals surface area contributed by atoms with Crippen molar-refractivity contribution in [3.8, 4) is 0 Å². The van der Waals surface area contributed by atoms with Gasteiger partial charge in [0.05, 0.1) is 19.8 Å². The molecule has 0 radical (unpaired) electrons. The molecule has 0 aliphatic rings. The fraction of sp³-hybridized carbons (Fsp3) is 0.409. The van der Waals surface area contributed by atoms with Gasteiger partial charge in [-0.3, -0.25) is 9.59 Å². The zero-order chi connectivity index (χ0) is 21.7. The fourth-order valence-electron chi connectivity index (χ4n) is 3.30. The Morgan fingerprint density at radius 3 is 2.24 bits per heavy atom. The molecule has 1 aromatic heterocycles. The molecule has 0 saturated heterocycles. The second-order valence-corrected chi connectivity index (χ2v) is 7.01. The first-order valence-electron chi connectivity index (χ1n) is 9.41. The predicted molar refractivity (Wildman–Crippen MR) is 109 cm³/mol. The number of nitrogens with zero attached hydrogens (tertiary/aromatic N) is 1. The van der Waals surface area contributed by atoms with Crippen LogP contribution in [0.25, 0.3) is 0 Å². The molecule has 1 amide bonds. The summed E-state index contributed by atoms with van der Waals surface area (Å²) < 4.78 is 9.91. The molecule has 7 nitrogen and oxygen atoms in total. The van der Waals surface area contributed by atoms with Crippen LogP contribution < -0.4 is 0 Å². The number of aromatic amines is 1. The van der Waals surface area contributed by atoms with Gasteiger partial charge in [0, 0.05) is 30.5 Å². The van der Waals surface area contributed by atoms with Crippen molar-refractivity contribution < 1.29 is 23.9 Å². The molecule has 0 aliphatic heterocycles. The molecular formula is C22H28N2O5. The Hall–Kier alpha value is -2.93. The van der Waals surface area contributed by atoms with Crippen LogP contribution in [0.1, 0.15) is 54.9 Å².